The Morgan fingerprint density at radius 1 is 1.00 bits per heavy atom. The SMILES string of the molecule is C[C@@H](/C=C/[N+](=O)[O-])N(Cc1ccccc1)Cc1ccccc1. The second-order valence-electron chi connectivity index (χ2n) is 5.24. The Bertz CT molecular complexity index is 570. The molecule has 114 valence electrons. The van der Waals surface area contributed by atoms with Gasteiger partial charge in [-0.25, -0.2) is 0 Å². The first-order valence-corrected chi connectivity index (χ1v) is 7.29. The summed E-state index contributed by atoms with van der Waals surface area (Å²) in [5, 5.41) is 10.5. The van der Waals surface area contributed by atoms with Crippen LogP contribution in [0.15, 0.2) is 72.9 Å². The fourth-order valence-electron chi connectivity index (χ4n) is 2.30. The summed E-state index contributed by atoms with van der Waals surface area (Å²) < 4.78 is 0. The molecule has 2 rings (SSSR count). The maximum atomic E-state index is 10.5. The highest BCUT2D eigenvalue weighted by Crippen LogP contribution is 2.14. The van der Waals surface area contributed by atoms with E-state index in [0.29, 0.717) is 0 Å². The van der Waals surface area contributed by atoms with Crippen LogP contribution in [0.4, 0.5) is 0 Å². The van der Waals surface area contributed by atoms with Gasteiger partial charge in [-0.3, -0.25) is 15.0 Å². The molecule has 0 aliphatic rings. The van der Waals surface area contributed by atoms with E-state index in [0.717, 1.165) is 19.3 Å². The lowest BCUT2D eigenvalue weighted by atomic mass is 10.1. The average molecular weight is 296 g/mol. The van der Waals surface area contributed by atoms with Crippen LogP contribution in [-0.4, -0.2) is 15.9 Å². The van der Waals surface area contributed by atoms with E-state index in [1.807, 2.05) is 43.3 Å². The third-order valence-electron chi connectivity index (χ3n) is 3.52. The third-order valence-corrected chi connectivity index (χ3v) is 3.52. The Morgan fingerprint density at radius 3 is 1.86 bits per heavy atom. The van der Waals surface area contributed by atoms with Crippen molar-refractivity contribution in [1.82, 2.24) is 4.90 Å². The highest BCUT2D eigenvalue weighted by molar-refractivity contribution is 5.17. The topological polar surface area (TPSA) is 46.4 Å². The Kier molecular flexibility index (Phi) is 5.86. The van der Waals surface area contributed by atoms with Gasteiger partial charge in [0.2, 0.25) is 6.20 Å². The van der Waals surface area contributed by atoms with Crippen LogP contribution in [0.3, 0.4) is 0 Å². The molecule has 0 aliphatic heterocycles. The van der Waals surface area contributed by atoms with E-state index in [2.05, 4.69) is 29.2 Å². The van der Waals surface area contributed by atoms with Gasteiger partial charge in [0.25, 0.3) is 0 Å². The van der Waals surface area contributed by atoms with Crippen LogP contribution < -0.4 is 0 Å². The summed E-state index contributed by atoms with van der Waals surface area (Å²) in [5.41, 5.74) is 2.39. The van der Waals surface area contributed by atoms with E-state index < -0.39 is 4.92 Å². The van der Waals surface area contributed by atoms with Gasteiger partial charge in [-0.05, 0) is 18.1 Å². The largest absolute Gasteiger partial charge is 0.288 e. The van der Waals surface area contributed by atoms with E-state index in [9.17, 15) is 10.1 Å². The minimum Gasteiger partial charge on any atom is -0.288 e. The summed E-state index contributed by atoms with van der Waals surface area (Å²) >= 11 is 0. The Balaban J connectivity index is 2.14. The van der Waals surface area contributed by atoms with Crippen molar-refractivity contribution in [3.05, 3.63) is 94.2 Å². The fraction of sp³-hybridized carbons (Fsp3) is 0.222. The van der Waals surface area contributed by atoms with Crippen LogP contribution in [-0.2, 0) is 13.1 Å². The summed E-state index contributed by atoms with van der Waals surface area (Å²) in [6, 6.07) is 20.3. The maximum Gasteiger partial charge on any atom is 0.232 e. The number of benzene rings is 2. The molecule has 0 bridgehead atoms. The van der Waals surface area contributed by atoms with Crippen LogP contribution in [0.2, 0.25) is 0 Å². The van der Waals surface area contributed by atoms with Crippen LogP contribution in [0.5, 0.6) is 0 Å². The summed E-state index contributed by atoms with van der Waals surface area (Å²) in [7, 11) is 0. The van der Waals surface area contributed by atoms with E-state index in [1.54, 1.807) is 6.08 Å². The highest BCUT2D eigenvalue weighted by atomic mass is 16.6. The van der Waals surface area contributed by atoms with Gasteiger partial charge in [0.15, 0.2) is 0 Å². The van der Waals surface area contributed by atoms with Crippen molar-refractivity contribution in [3.63, 3.8) is 0 Å². The first-order chi connectivity index (χ1) is 10.6. The van der Waals surface area contributed by atoms with Gasteiger partial charge in [0.05, 0.1) is 4.92 Å². The molecular formula is C18H20N2O2. The van der Waals surface area contributed by atoms with E-state index in [-0.39, 0.29) is 6.04 Å². The molecule has 4 nitrogen and oxygen atoms in total. The van der Waals surface area contributed by atoms with E-state index >= 15 is 0 Å². The molecule has 0 unspecified atom stereocenters. The minimum absolute atomic E-state index is 0.0224. The molecule has 4 heteroatoms. The van der Waals surface area contributed by atoms with E-state index in [1.165, 1.54) is 11.1 Å². The number of nitrogens with zero attached hydrogens (tertiary/aromatic N) is 2. The lowest BCUT2D eigenvalue weighted by Gasteiger charge is -2.26. The summed E-state index contributed by atoms with van der Waals surface area (Å²) in [6.07, 6.45) is 2.65. The monoisotopic (exact) mass is 296 g/mol. The predicted molar refractivity (Wildman–Crippen MR) is 87.7 cm³/mol. The third kappa shape index (κ3) is 5.14. The van der Waals surface area contributed by atoms with Crippen molar-refractivity contribution in [1.29, 1.82) is 0 Å². The molecule has 0 saturated carbocycles. The molecule has 0 fully saturated rings. The number of rotatable bonds is 7. The van der Waals surface area contributed by atoms with E-state index in [4.69, 9.17) is 0 Å². The summed E-state index contributed by atoms with van der Waals surface area (Å²) in [4.78, 5) is 12.3. The van der Waals surface area contributed by atoms with Crippen LogP contribution in [0.25, 0.3) is 0 Å². The van der Waals surface area contributed by atoms with Crippen LogP contribution in [0, 0.1) is 10.1 Å². The number of hydrogen-bond acceptors (Lipinski definition) is 3. The smallest absolute Gasteiger partial charge is 0.232 e. The standard InChI is InChI=1S/C18H20N2O2/c1-16(12-13-20(21)22)19(14-17-8-4-2-5-9-17)15-18-10-6-3-7-11-18/h2-13,16H,14-15H2,1H3/b13-12+/t16-/m0/s1. The molecule has 0 amide bonds. The Hall–Kier alpha value is -2.46. The van der Waals surface area contributed by atoms with Crippen molar-refractivity contribution >= 4 is 0 Å². The normalized spacial score (nSPS) is 12.6. The molecule has 0 heterocycles. The Labute approximate surface area is 130 Å². The highest BCUT2D eigenvalue weighted by Gasteiger charge is 2.13. The zero-order valence-electron chi connectivity index (χ0n) is 12.6. The van der Waals surface area contributed by atoms with Gasteiger partial charge in [-0.15, -0.1) is 0 Å². The Morgan fingerprint density at radius 2 is 1.45 bits per heavy atom. The quantitative estimate of drug-likeness (QED) is 0.575. The molecule has 2 aromatic carbocycles. The molecule has 1 atom stereocenters. The van der Waals surface area contributed by atoms with Gasteiger partial charge in [-0.2, -0.15) is 0 Å². The molecule has 0 aliphatic carbocycles. The number of hydrogen-bond donors (Lipinski definition) is 0. The van der Waals surface area contributed by atoms with Gasteiger partial charge in [0.1, 0.15) is 0 Å². The van der Waals surface area contributed by atoms with Gasteiger partial charge < -0.3 is 0 Å². The zero-order valence-corrected chi connectivity index (χ0v) is 12.6. The maximum absolute atomic E-state index is 10.5. The van der Waals surface area contributed by atoms with Crippen molar-refractivity contribution in [2.75, 3.05) is 0 Å². The predicted octanol–water partition coefficient (Wildman–Crippen LogP) is 3.87. The molecule has 22 heavy (non-hydrogen) atoms. The van der Waals surface area contributed by atoms with Crippen LogP contribution >= 0.6 is 0 Å². The summed E-state index contributed by atoms with van der Waals surface area (Å²) in [6.45, 7) is 3.48. The van der Waals surface area contributed by atoms with Gasteiger partial charge in [0, 0.05) is 25.2 Å². The van der Waals surface area contributed by atoms with Crippen molar-refractivity contribution in [2.24, 2.45) is 0 Å². The van der Waals surface area contributed by atoms with Gasteiger partial charge in [-0.1, -0.05) is 60.7 Å². The lowest BCUT2D eigenvalue weighted by molar-refractivity contribution is -0.402. The lowest BCUT2D eigenvalue weighted by Crippen LogP contribution is -2.30. The molecule has 2 aromatic rings. The molecule has 0 spiro atoms. The first kappa shape index (κ1) is 15.9. The average Bonchev–Trinajstić information content (AvgIpc) is 2.54. The zero-order chi connectivity index (χ0) is 15.8. The molecule has 0 aromatic heterocycles. The van der Waals surface area contributed by atoms with Crippen molar-refractivity contribution < 1.29 is 4.92 Å². The second kappa shape index (κ2) is 8.10. The van der Waals surface area contributed by atoms with Gasteiger partial charge >= 0.3 is 0 Å². The molecule has 0 radical (unpaired) electrons. The minimum atomic E-state index is -0.417. The van der Waals surface area contributed by atoms with Crippen molar-refractivity contribution in [2.45, 2.75) is 26.1 Å². The van der Waals surface area contributed by atoms with Crippen molar-refractivity contribution in [3.8, 4) is 0 Å². The second-order valence-corrected chi connectivity index (χ2v) is 5.24. The number of nitro groups is 1. The molecular weight excluding hydrogens is 276 g/mol. The molecule has 0 saturated heterocycles. The first-order valence-electron chi connectivity index (χ1n) is 7.29. The summed E-state index contributed by atoms with van der Waals surface area (Å²) in [5.74, 6) is 0. The fourth-order valence-corrected chi connectivity index (χ4v) is 2.30. The van der Waals surface area contributed by atoms with Crippen LogP contribution in [0.1, 0.15) is 18.1 Å². The molecule has 0 N–H and O–H groups in total.